The number of ether oxygens (including phenoxy) is 2. The topological polar surface area (TPSA) is 64.5 Å². The van der Waals surface area contributed by atoms with Gasteiger partial charge in [0.2, 0.25) is 5.88 Å². The Labute approximate surface area is 189 Å². The number of amides is 1. The number of aromatic nitrogens is 2. The van der Waals surface area contributed by atoms with Crippen molar-refractivity contribution < 1.29 is 14.3 Å². The summed E-state index contributed by atoms with van der Waals surface area (Å²) in [6.07, 6.45) is 3.59. The largest absolute Gasteiger partial charge is 0.497 e. The number of carbonyl (C=O) groups is 1. The molecule has 32 heavy (non-hydrogen) atoms. The van der Waals surface area contributed by atoms with E-state index in [1.54, 1.807) is 25.4 Å². The van der Waals surface area contributed by atoms with E-state index >= 15 is 0 Å². The highest BCUT2D eigenvalue weighted by Gasteiger charge is 2.28. The Balaban J connectivity index is 1.58. The molecule has 1 aromatic carbocycles. The third-order valence-electron chi connectivity index (χ3n) is 5.79. The molecule has 1 fully saturated rings. The molecule has 3 heterocycles. The van der Waals surface area contributed by atoms with E-state index in [1.807, 2.05) is 36.9 Å². The second kappa shape index (κ2) is 9.81. The molecule has 4 rings (SSSR count). The standard InChI is InChI=1S/C26H29N3O3/c1-4-32-25-23(11-6-12-27-25)26(30)29-13-7-9-20(17-29)24-16-21(14-18(2)28-24)19-8-5-10-22(15-19)31-3/h5-6,8,10-12,14-16,20H,4,7,9,13,17H2,1-3H3. The normalized spacial score (nSPS) is 16.0. The lowest BCUT2D eigenvalue weighted by Crippen LogP contribution is -2.39. The molecule has 0 spiro atoms. The molecule has 6 heteroatoms. The smallest absolute Gasteiger partial charge is 0.259 e. The van der Waals surface area contributed by atoms with Gasteiger partial charge in [0.15, 0.2) is 0 Å². The van der Waals surface area contributed by atoms with Gasteiger partial charge < -0.3 is 14.4 Å². The molecule has 0 saturated carbocycles. The minimum atomic E-state index is -0.0353. The number of rotatable bonds is 6. The lowest BCUT2D eigenvalue weighted by Gasteiger charge is -2.33. The van der Waals surface area contributed by atoms with Gasteiger partial charge in [-0.3, -0.25) is 9.78 Å². The summed E-state index contributed by atoms with van der Waals surface area (Å²) in [6.45, 7) is 5.74. The average molecular weight is 432 g/mol. The molecule has 1 saturated heterocycles. The fourth-order valence-corrected chi connectivity index (χ4v) is 4.25. The molecule has 1 amide bonds. The first-order chi connectivity index (χ1) is 15.6. The maximum Gasteiger partial charge on any atom is 0.259 e. The third kappa shape index (κ3) is 4.74. The third-order valence-corrected chi connectivity index (χ3v) is 5.79. The molecule has 1 unspecified atom stereocenters. The number of methoxy groups -OCH3 is 1. The van der Waals surface area contributed by atoms with E-state index in [9.17, 15) is 4.79 Å². The number of aryl methyl sites for hydroxylation is 1. The van der Waals surface area contributed by atoms with Crippen molar-refractivity contribution in [1.29, 1.82) is 0 Å². The predicted molar refractivity (Wildman–Crippen MR) is 124 cm³/mol. The Bertz CT molecular complexity index is 1100. The van der Waals surface area contributed by atoms with Gasteiger partial charge >= 0.3 is 0 Å². The van der Waals surface area contributed by atoms with Crippen LogP contribution >= 0.6 is 0 Å². The van der Waals surface area contributed by atoms with Gasteiger partial charge in [-0.05, 0) is 74.2 Å². The van der Waals surface area contributed by atoms with E-state index in [0.29, 0.717) is 24.6 Å². The molecule has 1 aliphatic heterocycles. The number of hydrogen-bond acceptors (Lipinski definition) is 5. The van der Waals surface area contributed by atoms with Crippen molar-refractivity contribution in [3.63, 3.8) is 0 Å². The van der Waals surface area contributed by atoms with Gasteiger partial charge in [0, 0.05) is 36.6 Å². The number of piperidine rings is 1. The Kier molecular flexibility index (Phi) is 6.69. The Morgan fingerprint density at radius 1 is 1.16 bits per heavy atom. The lowest BCUT2D eigenvalue weighted by atomic mass is 9.92. The average Bonchev–Trinajstić information content (AvgIpc) is 2.84. The van der Waals surface area contributed by atoms with Crippen molar-refractivity contribution in [3.8, 4) is 22.8 Å². The minimum Gasteiger partial charge on any atom is -0.497 e. The van der Waals surface area contributed by atoms with Crippen molar-refractivity contribution >= 4 is 5.91 Å². The molecular formula is C26H29N3O3. The van der Waals surface area contributed by atoms with E-state index in [2.05, 4.69) is 23.2 Å². The Morgan fingerprint density at radius 2 is 2.03 bits per heavy atom. The number of carbonyl (C=O) groups excluding carboxylic acids is 1. The van der Waals surface area contributed by atoms with Gasteiger partial charge in [0.05, 0.1) is 13.7 Å². The highest BCUT2D eigenvalue weighted by molar-refractivity contribution is 5.96. The molecule has 1 aliphatic rings. The molecule has 0 aliphatic carbocycles. The first kappa shape index (κ1) is 21.8. The SMILES string of the molecule is CCOc1ncccc1C(=O)N1CCCC(c2cc(-c3cccc(OC)c3)cc(C)n2)C1. The first-order valence-electron chi connectivity index (χ1n) is 11.1. The van der Waals surface area contributed by atoms with Crippen LogP contribution in [0, 0.1) is 6.92 Å². The van der Waals surface area contributed by atoms with Crippen LogP contribution < -0.4 is 9.47 Å². The van der Waals surface area contributed by atoms with Crippen molar-refractivity contribution in [3.05, 3.63) is 71.7 Å². The zero-order valence-corrected chi connectivity index (χ0v) is 18.9. The maximum atomic E-state index is 13.3. The van der Waals surface area contributed by atoms with Crippen molar-refractivity contribution in [2.24, 2.45) is 0 Å². The molecule has 1 atom stereocenters. The van der Waals surface area contributed by atoms with Crippen LogP contribution in [0.1, 0.15) is 47.4 Å². The summed E-state index contributed by atoms with van der Waals surface area (Å²) in [7, 11) is 1.68. The minimum absolute atomic E-state index is 0.0353. The Hall–Kier alpha value is -3.41. The van der Waals surface area contributed by atoms with Gasteiger partial charge in [-0.15, -0.1) is 0 Å². The van der Waals surface area contributed by atoms with Crippen LogP contribution in [0.25, 0.3) is 11.1 Å². The van der Waals surface area contributed by atoms with Crippen LogP contribution in [0.3, 0.4) is 0 Å². The number of benzene rings is 1. The number of likely N-dealkylation sites (tertiary alicyclic amines) is 1. The van der Waals surface area contributed by atoms with Crippen molar-refractivity contribution in [1.82, 2.24) is 14.9 Å². The first-order valence-corrected chi connectivity index (χ1v) is 11.1. The lowest BCUT2D eigenvalue weighted by molar-refractivity contribution is 0.0700. The quantitative estimate of drug-likeness (QED) is 0.557. The molecule has 3 aromatic rings. The molecule has 0 bridgehead atoms. The maximum absolute atomic E-state index is 13.3. The summed E-state index contributed by atoms with van der Waals surface area (Å²) in [5.41, 5.74) is 4.72. The molecule has 2 aromatic heterocycles. The fourth-order valence-electron chi connectivity index (χ4n) is 4.25. The van der Waals surface area contributed by atoms with Crippen LogP contribution in [0.2, 0.25) is 0 Å². The van der Waals surface area contributed by atoms with Crippen LogP contribution in [0.4, 0.5) is 0 Å². The molecule has 6 nitrogen and oxygen atoms in total. The van der Waals surface area contributed by atoms with E-state index < -0.39 is 0 Å². The second-order valence-corrected chi connectivity index (χ2v) is 8.03. The number of pyridine rings is 2. The zero-order chi connectivity index (χ0) is 22.5. The van der Waals surface area contributed by atoms with Gasteiger partial charge in [-0.1, -0.05) is 12.1 Å². The second-order valence-electron chi connectivity index (χ2n) is 8.03. The summed E-state index contributed by atoms with van der Waals surface area (Å²) in [4.78, 5) is 24.2. The molecular weight excluding hydrogens is 402 g/mol. The fraction of sp³-hybridized carbons (Fsp3) is 0.346. The highest BCUT2D eigenvalue weighted by Crippen LogP contribution is 2.32. The van der Waals surface area contributed by atoms with Gasteiger partial charge in [0.1, 0.15) is 11.3 Å². The monoisotopic (exact) mass is 431 g/mol. The summed E-state index contributed by atoms with van der Waals surface area (Å²) in [6, 6.07) is 15.9. The zero-order valence-electron chi connectivity index (χ0n) is 18.9. The summed E-state index contributed by atoms with van der Waals surface area (Å²) in [5.74, 6) is 1.38. The molecule has 0 N–H and O–H groups in total. The van der Waals surface area contributed by atoms with Crippen LogP contribution in [0.15, 0.2) is 54.7 Å². The predicted octanol–water partition coefficient (Wildman–Crippen LogP) is 4.88. The van der Waals surface area contributed by atoms with E-state index in [0.717, 1.165) is 47.7 Å². The van der Waals surface area contributed by atoms with Gasteiger partial charge in [-0.25, -0.2) is 4.98 Å². The highest BCUT2D eigenvalue weighted by atomic mass is 16.5. The van der Waals surface area contributed by atoms with Crippen molar-refractivity contribution in [2.75, 3.05) is 26.8 Å². The summed E-state index contributed by atoms with van der Waals surface area (Å²) < 4.78 is 11.0. The van der Waals surface area contributed by atoms with Gasteiger partial charge in [-0.2, -0.15) is 0 Å². The Morgan fingerprint density at radius 3 is 2.84 bits per heavy atom. The molecule has 166 valence electrons. The van der Waals surface area contributed by atoms with E-state index in [-0.39, 0.29) is 11.8 Å². The number of hydrogen-bond donors (Lipinski definition) is 0. The molecule has 0 radical (unpaired) electrons. The summed E-state index contributed by atoms with van der Waals surface area (Å²) in [5, 5.41) is 0. The van der Waals surface area contributed by atoms with Crippen LogP contribution in [-0.4, -0.2) is 47.6 Å². The summed E-state index contributed by atoms with van der Waals surface area (Å²) >= 11 is 0. The van der Waals surface area contributed by atoms with E-state index in [4.69, 9.17) is 14.5 Å². The van der Waals surface area contributed by atoms with Crippen molar-refractivity contribution in [2.45, 2.75) is 32.6 Å². The van der Waals surface area contributed by atoms with Crippen LogP contribution in [-0.2, 0) is 0 Å². The van der Waals surface area contributed by atoms with Gasteiger partial charge in [0.25, 0.3) is 5.91 Å². The number of nitrogens with zero attached hydrogens (tertiary/aromatic N) is 3. The van der Waals surface area contributed by atoms with Crippen LogP contribution in [0.5, 0.6) is 11.6 Å². The van der Waals surface area contributed by atoms with E-state index in [1.165, 1.54) is 0 Å².